The summed E-state index contributed by atoms with van der Waals surface area (Å²) in [6.45, 7) is 0.738. The highest BCUT2D eigenvalue weighted by Crippen LogP contribution is 2.13. The Morgan fingerprint density at radius 1 is 1.44 bits per heavy atom. The topological polar surface area (TPSA) is 39.1 Å². The maximum absolute atomic E-state index is 5.17. The standard InChI is InChI=1S/C12H15N3O/c1-15-7-6-13-12(15)14-9-10-4-3-5-11(8-10)16-2/h3-8H,9H2,1-2H3,(H,13,14). The summed E-state index contributed by atoms with van der Waals surface area (Å²) in [5.74, 6) is 1.74. The zero-order valence-electron chi connectivity index (χ0n) is 9.47. The molecule has 0 bridgehead atoms. The van der Waals surface area contributed by atoms with Crippen LogP contribution in [0, 0.1) is 0 Å². The van der Waals surface area contributed by atoms with Gasteiger partial charge in [0.2, 0.25) is 5.95 Å². The first-order valence-electron chi connectivity index (χ1n) is 5.14. The van der Waals surface area contributed by atoms with Crippen LogP contribution in [0.2, 0.25) is 0 Å². The third-order valence-corrected chi connectivity index (χ3v) is 2.41. The lowest BCUT2D eigenvalue weighted by atomic mass is 10.2. The zero-order chi connectivity index (χ0) is 11.4. The fourth-order valence-corrected chi connectivity index (χ4v) is 1.50. The van der Waals surface area contributed by atoms with Crippen LogP contribution in [0.15, 0.2) is 36.7 Å². The van der Waals surface area contributed by atoms with E-state index in [1.807, 2.05) is 36.0 Å². The van der Waals surface area contributed by atoms with Gasteiger partial charge in [0.15, 0.2) is 0 Å². The predicted molar refractivity (Wildman–Crippen MR) is 63.5 cm³/mol. The fraction of sp³-hybridized carbons (Fsp3) is 0.250. The molecule has 2 rings (SSSR count). The molecule has 0 saturated heterocycles. The van der Waals surface area contributed by atoms with Crippen molar-refractivity contribution in [2.24, 2.45) is 7.05 Å². The van der Waals surface area contributed by atoms with Gasteiger partial charge in [0, 0.05) is 26.0 Å². The van der Waals surface area contributed by atoms with E-state index >= 15 is 0 Å². The molecule has 16 heavy (non-hydrogen) atoms. The van der Waals surface area contributed by atoms with Crippen molar-refractivity contribution in [3.63, 3.8) is 0 Å². The number of anilines is 1. The Morgan fingerprint density at radius 3 is 3.00 bits per heavy atom. The summed E-state index contributed by atoms with van der Waals surface area (Å²) in [6.07, 6.45) is 3.68. The molecule has 1 N–H and O–H groups in total. The summed E-state index contributed by atoms with van der Waals surface area (Å²) in [5, 5.41) is 3.26. The molecular formula is C12H15N3O. The lowest BCUT2D eigenvalue weighted by Gasteiger charge is -2.07. The number of nitrogens with one attached hydrogen (secondary N) is 1. The molecular weight excluding hydrogens is 202 g/mol. The molecule has 0 fully saturated rings. The van der Waals surface area contributed by atoms with Gasteiger partial charge in [-0.25, -0.2) is 4.98 Å². The van der Waals surface area contributed by atoms with Crippen LogP contribution in [-0.2, 0) is 13.6 Å². The predicted octanol–water partition coefficient (Wildman–Crippen LogP) is 2.04. The Kier molecular flexibility index (Phi) is 3.10. The van der Waals surface area contributed by atoms with Gasteiger partial charge in [-0.2, -0.15) is 0 Å². The van der Waals surface area contributed by atoms with Gasteiger partial charge in [-0.05, 0) is 17.7 Å². The molecule has 1 aromatic heterocycles. The van der Waals surface area contributed by atoms with E-state index in [1.54, 1.807) is 13.3 Å². The summed E-state index contributed by atoms with van der Waals surface area (Å²) in [5.41, 5.74) is 1.17. The maximum Gasteiger partial charge on any atom is 0.202 e. The molecule has 0 atom stereocenters. The van der Waals surface area contributed by atoms with Gasteiger partial charge in [0.25, 0.3) is 0 Å². The molecule has 4 heteroatoms. The van der Waals surface area contributed by atoms with Crippen molar-refractivity contribution in [1.82, 2.24) is 9.55 Å². The Labute approximate surface area is 94.9 Å². The first kappa shape index (κ1) is 10.5. The van der Waals surface area contributed by atoms with Crippen LogP contribution in [0.25, 0.3) is 0 Å². The molecule has 0 unspecified atom stereocenters. The molecule has 0 radical (unpaired) electrons. The Morgan fingerprint density at radius 2 is 2.31 bits per heavy atom. The van der Waals surface area contributed by atoms with Crippen molar-refractivity contribution in [3.05, 3.63) is 42.2 Å². The second-order valence-corrected chi connectivity index (χ2v) is 3.57. The van der Waals surface area contributed by atoms with Crippen LogP contribution < -0.4 is 10.1 Å². The van der Waals surface area contributed by atoms with Gasteiger partial charge in [0.05, 0.1) is 7.11 Å². The molecule has 4 nitrogen and oxygen atoms in total. The van der Waals surface area contributed by atoms with Gasteiger partial charge in [0.1, 0.15) is 5.75 Å². The third-order valence-electron chi connectivity index (χ3n) is 2.41. The number of aryl methyl sites for hydroxylation is 1. The highest BCUT2D eigenvalue weighted by Gasteiger charge is 1.99. The molecule has 0 aliphatic carbocycles. The van der Waals surface area contributed by atoms with E-state index in [-0.39, 0.29) is 0 Å². The number of ether oxygens (including phenoxy) is 1. The molecule has 1 aromatic carbocycles. The number of rotatable bonds is 4. The van der Waals surface area contributed by atoms with E-state index in [4.69, 9.17) is 4.74 Å². The Balaban J connectivity index is 2.02. The average molecular weight is 217 g/mol. The van der Waals surface area contributed by atoms with E-state index < -0.39 is 0 Å². The van der Waals surface area contributed by atoms with Gasteiger partial charge >= 0.3 is 0 Å². The van der Waals surface area contributed by atoms with E-state index in [0.717, 1.165) is 18.2 Å². The van der Waals surface area contributed by atoms with Crippen LogP contribution in [0.3, 0.4) is 0 Å². The number of nitrogens with zero attached hydrogens (tertiary/aromatic N) is 2. The van der Waals surface area contributed by atoms with Gasteiger partial charge < -0.3 is 14.6 Å². The van der Waals surface area contributed by atoms with Crippen molar-refractivity contribution in [2.75, 3.05) is 12.4 Å². The van der Waals surface area contributed by atoms with Crippen molar-refractivity contribution in [1.29, 1.82) is 0 Å². The highest BCUT2D eigenvalue weighted by atomic mass is 16.5. The zero-order valence-corrected chi connectivity index (χ0v) is 9.47. The molecule has 0 spiro atoms. The Hall–Kier alpha value is -1.97. The van der Waals surface area contributed by atoms with Crippen LogP contribution in [0.1, 0.15) is 5.56 Å². The molecule has 0 aliphatic rings. The second kappa shape index (κ2) is 4.70. The highest BCUT2D eigenvalue weighted by molar-refractivity contribution is 5.32. The number of imidazole rings is 1. The van der Waals surface area contributed by atoms with E-state index in [1.165, 1.54) is 5.56 Å². The summed E-state index contributed by atoms with van der Waals surface area (Å²) >= 11 is 0. The number of benzene rings is 1. The second-order valence-electron chi connectivity index (χ2n) is 3.57. The van der Waals surface area contributed by atoms with E-state index in [2.05, 4.69) is 16.4 Å². The summed E-state index contributed by atoms with van der Waals surface area (Å²) in [4.78, 5) is 4.19. The maximum atomic E-state index is 5.17. The molecule has 0 aliphatic heterocycles. The number of aromatic nitrogens is 2. The first-order valence-corrected chi connectivity index (χ1v) is 5.14. The van der Waals surface area contributed by atoms with Crippen LogP contribution in [0.4, 0.5) is 5.95 Å². The molecule has 0 amide bonds. The molecule has 0 saturated carbocycles. The molecule has 2 aromatic rings. The van der Waals surface area contributed by atoms with Crippen LogP contribution >= 0.6 is 0 Å². The quantitative estimate of drug-likeness (QED) is 0.851. The summed E-state index contributed by atoms with van der Waals surface area (Å²) in [6, 6.07) is 7.98. The minimum atomic E-state index is 0.738. The van der Waals surface area contributed by atoms with Gasteiger partial charge in [-0.1, -0.05) is 12.1 Å². The monoisotopic (exact) mass is 217 g/mol. The third kappa shape index (κ3) is 2.34. The van der Waals surface area contributed by atoms with E-state index in [9.17, 15) is 0 Å². The van der Waals surface area contributed by atoms with Crippen LogP contribution in [-0.4, -0.2) is 16.7 Å². The van der Waals surface area contributed by atoms with Crippen molar-refractivity contribution >= 4 is 5.95 Å². The largest absolute Gasteiger partial charge is 0.497 e. The van der Waals surface area contributed by atoms with E-state index in [0.29, 0.717) is 0 Å². The lowest BCUT2D eigenvalue weighted by Crippen LogP contribution is -2.04. The smallest absolute Gasteiger partial charge is 0.202 e. The van der Waals surface area contributed by atoms with Crippen LogP contribution in [0.5, 0.6) is 5.75 Å². The minimum absolute atomic E-state index is 0.738. The van der Waals surface area contributed by atoms with Crippen molar-refractivity contribution in [2.45, 2.75) is 6.54 Å². The average Bonchev–Trinajstić information content (AvgIpc) is 2.72. The van der Waals surface area contributed by atoms with Gasteiger partial charge in [-0.3, -0.25) is 0 Å². The lowest BCUT2D eigenvalue weighted by molar-refractivity contribution is 0.414. The molecule has 84 valence electrons. The summed E-state index contributed by atoms with van der Waals surface area (Å²) in [7, 11) is 3.63. The first-order chi connectivity index (χ1) is 7.79. The van der Waals surface area contributed by atoms with Crippen molar-refractivity contribution in [3.8, 4) is 5.75 Å². The fourth-order valence-electron chi connectivity index (χ4n) is 1.50. The molecule has 1 heterocycles. The minimum Gasteiger partial charge on any atom is -0.497 e. The number of methoxy groups -OCH3 is 1. The summed E-state index contributed by atoms with van der Waals surface area (Å²) < 4.78 is 7.11. The normalized spacial score (nSPS) is 10.1. The number of hydrogen-bond donors (Lipinski definition) is 1. The van der Waals surface area contributed by atoms with Gasteiger partial charge in [-0.15, -0.1) is 0 Å². The van der Waals surface area contributed by atoms with Crippen molar-refractivity contribution < 1.29 is 4.74 Å². The SMILES string of the molecule is COc1cccc(CNc2nccn2C)c1. The Bertz CT molecular complexity index is 465. The number of hydrogen-bond acceptors (Lipinski definition) is 3.